The first-order chi connectivity index (χ1) is 8.83. The number of rotatable bonds is 1. The van der Waals surface area contributed by atoms with E-state index in [1.54, 1.807) is 0 Å². The molecule has 1 atom stereocenters. The zero-order valence-corrected chi connectivity index (χ0v) is 12.0. The second kappa shape index (κ2) is 5.21. The molecule has 0 bridgehead atoms. The van der Waals surface area contributed by atoms with E-state index in [0.29, 0.717) is 6.04 Å². The third-order valence-corrected chi connectivity index (χ3v) is 3.02. The van der Waals surface area contributed by atoms with Crippen molar-refractivity contribution in [2.45, 2.75) is 52.3 Å². The Bertz CT molecular complexity index is 478. The van der Waals surface area contributed by atoms with Gasteiger partial charge in [-0.05, 0) is 57.4 Å². The van der Waals surface area contributed by atoms with Crippen molar-refractivity contribution in [3.8, 4) is 0 Å². The molecule has 0 saturated heterocycles. The Labute approximate surface area is 114 Å². The monoisotopic (exact) mass is 262 g/mol. The molecular formula is C15H22N2O2. The van der Waals surface area contributed by atoms with Gasteiger partial charge in [-0.15, -0.1) is 0 Å². The van der Waals surface area contributed by atoms with Gasteiger partial charge < -0.3 is 10.1 Å². The van der Waals surface area contributed by atoms with Gasteiger partial charge in [-0.25, -0.2) is 4.79 Å². The predicted molar refractivity (Wildman–Crippen MR) is 76.3 cm³/mol. The molecule has 0 fully saturated rings. The molecule has 1 aliphatic rings. The van der Waals surface area contributed by atoms with Crippen molar-refractivity contribution in [1.82, 2.24) is 5.32 Å². The number of hydrogen-bond acceptors (Lipinski definition) is 3. The minimum atomic E-state index is -0.475. The average molecular weight is 262 g/mol. The molecule has 1 heterocycles. The molecule has 19 heavy (non-hydrogen) atoms. The van der Waals surface area contributed by atoms with Crippen LogP contribution in [0.5, 0.6) is 0 Å². The van der Waals surface area contributed by atoms with Crippen molar-refractivity contribution in [2.24, 2.45) is 0 Å². The van der Waals surface area contributed by atoms with Gasteiger partial charge in [0.2, 0.25) is 0 Å². The zero-order valence-electron chi connectivity index (χ0n) is 12.0. The first-order valence-corrected chi connectivity index (χ1v) is 6.69. The van der Waals surface area contributed by atoms with Crippen LogP contribution in [0.3, 0.4) is 0 Å². The van der Waals surface area contributed by atoms with Crippen molar-refractivity contribution < 1.29 is 9.53 Å². The predicted octanol–water partition coefficient (Wildman–Crippen LogP) is 3.07. The number of anilines is 1. The number of nitrogens with one attached hydrogen (secondary N) is 2. The summed E-state index contributed by atoms with van der Waals surface area (Å²) >= 11 is 0. The maximum Gasteiger partial charge on any atom is 0.412 e. The van der Waals surface area contributed by atoms with E-state index in [-0.39, 0.29) is 0 Å². The Morgan fingerprint density at radius 2 is 2.11 bits per heavy atom. The molecule has 1 amide bonds. The lowest BCUT2D eigenvalue weighted by molar-refractivity contribution is 0.0636. The van der Waals surface area contributed by atoms with Crippen molar-refractivity contribution in [1.29, 1.82) is 0 Å². The van der Waals surface area contributed by atoms with E-state index in [2.05, 4.69) is 23.6 Å². The number of ether oxygens (including phenoxy) is 1. The number of hydrogen-bond donors (Lipinski definition) is 2. The molecule has 2 rings (SSSR count). The molecule has 0 saturated carbocycles. The first kappa shape index (κ1) is 13.9. The summed E-state index contributed by atoms with van der Waals surface area (Å²) in [5, 5.41) is 6.20. The number of fused-ring (bicyclic) bond motifs is 1. The van der Waals surface area contributed by atoms with Gasteiger partial charge in [0.1, 0.15) is 5.60 Å². The standard InChI is InChI=1S/C15H22N2O2/c1-10-7-12-8-13(6-5-11(12)9-16-10)17-14(18)19-15(2,3)4/h5-6,8,10,16H,7,9H2,1-4H3,(H,17,18). The lowest BCUT2D eigenvalue weighted by atomic mass is 9.96. The van der Waals surface area contributed by atoms with E-state index < -0.39 is 11.7 Å². The second-order valence-electron chi connectivity index (χ2n) is 6.10. The fourth-order valence-electron chi connectivity index (χ4n) is 2.17. The van der Waals surface area contributed by atoms with Crippen LogP contribution in [-0.4, -0.2) is 17.7 Å². The van der Waals surface area contributed by atoms with Gasteiger partial charge in [-0.1, -0.05) is 6.07 Å². The van der Waals surface area contributed by atoms with Gasteiger partial charge in [-0.3, -0.25) is 5.32 Å². The molecular weight excluding hydrogens is 240 g/mol. The van der Waals surface area contributed by atoms with Crippen LogP contribution in [0.25, 0.3) is 0 Å². The maximum atomic E-state index is 11.7. The molecule has 4 nitrogen and oxygen atoms in total. The molecule has 0 aliphatic carbocycles. The molecule has 1 aromatic rings. The fourth-order valence-corrected chi connectivity index (χ4v) is 2.17. The van der Waals surface area contributed by atoms with Crippen LogP contribution in [0.1, 0.15) is 38.8 Å². The topological polar surface area (TPSA) is 50.4 Å². The largest absolute Gasteiger partial charge is 0.444 e. The fraction of sp³-hybridized carbons (Fsp3) is 0.533. The Hall–Kier alpha value is -1.55. The van der Waals surface area contributed by atoms with Gasteiger partial charge in [0, 0.05) is 18.3 Å². The molecule has 4 heteroatoms. The minimum absolute atomic E-state index is 0.408. The molecule has 0 aromatic heterocycles. The zero-order chi connectivity index (χ0) is 14.0. The van der Waals surface area contributed by atoms with E-state index >= 15 is 0 Å². The van der Waals surface area contributed by atoms with Crippen molar-refractivity contribution >= 4 is 11.8 Å². The summed E-state index contributed by atoms with van der Waals surface area (Å²) in [7, 11) is 0. The molecule has 104 valence electrons. The van der Waals surface area contributed by atoms with E-state index in [1.165, 1.54) is 11.1 Å². The SMILES string of the molecule is CC1Cc2cc(NC(=O)OC(C)(C)C)ccc2CN1. The summed E-state index contributed by atoms with van der Waals surface area (Å²) in [5.41, 5.74) is 2.91. The highest BCUT2D eigenvalue weighted by Gasteiger charge is 2.18. The smallest absolute Gasteiger partial charge is 0.412 e. The summed E-state index contributed by atoms with van der Waals surface area (Å²) < 4.78 is 5.24. The number of carbonyl (C=O) groups excluding carboxylic acids is 1. The quantitative estimate of drug-likeness (QED) is 0.817. The summed E-state index contributed by atoms with van der Waals surface area (Å²) in [4.78, 5) is 11.7. The lowest BCUT2D eigenvalue weighted by Crippen LogP contribution is -2.33. The molecule has 1 aliphatic heterocycles. The Balaban J connectivity index is 2.06. The number of carbonyl (C=O) groups is 1. The van der Waals surface area contributed by atoms with Crippen LogP contribution >= 0.6 is 0 Å². The summed E-state index contributed by atoms with van der Waals surface area (Å²) in [6, 6.07) is 6.49. The van der Waals surface area contributed by atoms with E-state index in [9.17, 15) is 4.79 Å². The molecule has 1 unspecified atom stereocenters. The summed E-state index contributed by atoms with van der Waals surface area (Å²) in [6.45, 7) is 8.62. The Kier molecular flexibility index (Phi) is 3.80. The van der Waals surface area contributed by atoms with E-state index in [1.807, 2.05) is 32.9 Å². The highest BCUT2D eigenvalue weighted by Crippen LogP contribution is 2.21. The Morgan fingerprint density at radius 1 is 1.37 bits per heavy atom. The van der Waals surface area contributed by atoms with Crippen LogP contribution in [0.15, 0.2) is 18.2 Å². The minimum Gasteiger partial charge on any atom is -0.444 e. The summed E-state index contributed by atoms with van der Waals surface area (Å²) in [5.74, 6) is 0. The van der Waals surface area contributed by atoms with Crippen molar-refractivity contribution in [2.75, 3.05) is 5.32 Å². The maximum absolute atomic E-state index is 11.7. The van der Waals surface area contributed by atoms with Gasteiger partial charge >= 0.3 is 6.09 Å². The van der Waals surface area contributed by atoms with Crippen LogP contribution in [0.2, 0.25) is 0 Å². The first-order valence-electron chi connectivity index (χ1n) is 6.69. The lowest BCUT2D eigenvalue weighted by Gasteiger charge is -2.24. The highest BCUT2D eigenvalue weighted by molar-refractivity contribution is 5.85. The normalized spacial score (nSPS) is 18.6. The van der Waals surface area contributed by atoms with Crippen LogP contribution < -0.4 is 10.6 Å². The molecule has 2 N–H and O–H groups in total. The van der Waals surface area contributed by atoms with Gasteiger partial charge in [0.25, 0.3) is 0 Å². The van der Waals surface area contributed by atoms with Crippen LogP contribution in [0, 0.1) is 0 Å². The van der Waals surface area contributed by atoms with E-state index in [4.69, 9.17) is 4.74 Å². The highest BCUT2D eigenvalue weighted by atomic mass is 16.6. The van der Waals surface area contributed by atoms with E-state index in [0.717, 1.165) is 18.7 Å². The third-order valence-electron chi connectivity index (χ3n) is 3.02. The number of benzene rings is 1. The average Bonchev–Trinajstić information content (AvgIpc) is 2.25. The van der Waals surface area contributed by atoms with Crippen LogP contribution in [-0.2, 0) is 17.7 Å². The summed E-state index contributed by atoms with van der Waals surface area (Å²) in [6.07, 6.45) is 0.577. The second-order valence-corrected chi connectivity index (χ2v) is 6.10. The van der Waals surface area contributed by atoms with Crippen molar-refractivity contribution in [3.63, 3.8) is 0 Å². The Morgan fingerprint density at radius 3 is 2.79 bits per heavy atom. The third kappa shape index (κ3) is 3.96. The molecule has 1 aromatic carbocycles. The van der Waals surface area contributed by atoms with Gasteiger partial charge in [0.05, 0.1) is 0 Å². The van der Waals surface area contributed by atoms with Crippen LogP contribution in [0.4, 0.5) is 10.5 Å². The van der Waals surface area contributed by atoms with Gasteiger partial charge in [0.15, 0.2) is 0 Å². The molecule has 0 spiro atoms. The van der Waals surface area contributed by atoms with Crippen molar-refractivity contribution in [3.05, 3.63) is 29.3 Å². The van der Waals surface area contributed by atoms with Gasteiger partial charge in [-0.2, -0.15) is 0 Å². The molecule has 0 radical (unpaired) electrons. The number of amides is 1.